The van der Waals surface area contributed by atoms with Crippen LogP contribution < -0.4 is 24.7 Å². The second kappa shape index (κ2) is 10.9. The van der Waals surface area contributed by atoms with Crippen LogP contribution in [0.2, 0.25) is 0 Å². The number of aromatic nitrogens is 5. The highest BCUT2D eigenvalue weighted by atomic mass is 19.4. The summed E-state index contributed by atoms with van der Waals surface area (Å²) in [7, 11) is 0. The van der Waals surface area contributed by atoms with Gasteiger partial charge in [-0.05, 0) is 74.2 Å². The molecule has 46 heavy (non-hydrogen) atoms. The molecule has 0 spiro atoms. The summed E-state index contributed by atoms with van der Waals surface area (Å²) in [6.07, 6.45) is -7.61. The summed E-state index contributed by atoms with van der Waals surface area (Å²) in [5.41, 5.74) is 0.526. The molecule has 0 amide bonds. The molecule has 0 bridgehead atoms. The van der Waals surface area contributed by atoms with Crippen LogP contribution >= 0.6 is 0 Å². The standard InChI is InChI=1S/C30H22F5N5O6/c1-15(17-7-10-21-23(13-17)45-30(34,35)44-21)42-24-14-18(11-12-36-24)40-25-20(26(38-40)29(31,32)33)3-2-4-22(25)43-19-8-5-16(6-9-19)27-37-28(41)46-39-27/h5-15,22H,2-4H2,1H3,(H,37,39,41)/t15-,22-/m0/s1. The van der Waals surface area contributed by atoms with Gasteiger partial charge < -0.3 is 23.5 Å². The van der Waals surface area contributed by atoms with Gasteiger partial charge in [-0.15, -0.1) is 8.78 Å². The van der Waals surface area contributed by atoms with Crippen LogP contribution in [0, 0.1) is 0 Å². The first-order valence-electron chi connectivity index (χ1n) is 14.0. The molecule has 0 saturated carbocycles. The molecule has 1 N–H and O–H groups in total. The Hall–Kier alpha value is -5.41. The van der Waals surface area contributed by atoms with E-state index in [1.807, 2.05) is 0 Å². The number of H-pyrrole nitrogens is 1. The molecule has 0 unspecified atom stereocenters. The molecule has 1 aliphatic carbocycles. The SMILES string of the molecule is C[C@H](Oc1cc(-n2nc(C(F)(F)F)c3c2[C@@H](Oc2ccc(-c4nc(=O)o[nH]4)cc2)CCC3)ccn1)c1ccc2c(c1)OC(F)(F)O2. The summed E-state index contributed by atoms with van der Waals surface area (Å²) in [5.74, 6) is -0.406. The van der Waals surface area contributed by atoms with Gasteiger partial charge in [0.15, 0.2) is 23.0 Å². The maximum Gasteiger partial charge on any atom is 0.586 e. The second-order valence-electron chi connectivity index (χ2n) is 10.6. The molecule has 1 aliphatic heterocycles. The molecule has 0 saturated heterocycles. The molecule has 2 aromatic carbocycles. The number of halogens is 5. The summed E-state index contributed by atoms with van der Waals surface area (Å²) in [6, 6.07) is 13.6. The van der Waals surface area contributed by atoms with Crippen LogP contribution in [-0.4, -0.2) is 31.2 Å². The number of fused-ring (bicyclic) bond motifs is 2. The maximum absolute atomic E-state index is 14.2. The van der Waals surface area contributed by atoms with E-state index in [0.717, 1.165) is 0 Å². The largest absolute Gasteiger partial charge is 0.586 e. The van der Waals surface area contributed by atoms with Crippen LogP contribution in [0.15, 0.2) is 70.1 Å². The van der Waals surface area contributed by atoms with Gasteiger partial charge in [-0.3, -0.25) is 0 Å². The van der Waals surface area contributed by atoms with Gasteiger partial charge in [0.2, 0.25) is 5.88 Å². The Morgan fingerprint density at radius 1 is 1.07 bits per heavy atom. The van der Waals surface area contributed by atoms with Gasteiger partial charge in [0, 0.05) is 23.4 Å². The van der Waals surface area contributed by atoms with Crippen molar-refractivity contribution in [3.63, 3.8) is 0 Å². The lowest BCUT2D eigenvalue weighted by atomic mass is 9.93. The highest BCUT2D eigenvalue weighted by Crippen LogP contribution is 2.44. The fourth-order valence-electron chi connectivity index (χ4n) is 5.45. The van der Waals surface area contributed by atoms with Crippen molar-refractivity contribution in [2.24, 2.45) is 0 Å². The second-order valence-corrected chi connectivity index (χ2v) is 10.6. The Bertz CT molecular complexity index is 1970. The number of nitrogens with zero attached hydrogens (tertiary/aromatic N) is 4. The van der Waals surface area contributed by atoms with Gasteiger partial charge in [0.1, 0.15) is 18.0 Å². The number of pyridine rings is 1. The van der Waals surface area contributed by atoms with Crippen molar-refractivity contribution in [2.75, 3.05) is 0 Å². The summed E-state index contributed by atoms with van der Waals surface area (Å²) >= 11 is 0. The lowest BCUT2D eigenvalue weighted by molar-refractivity contribution is -0.286. The summed E-state index contributed by atoms with van der Waals surface area (Å²) < 4.78 is 96.4. The lowest BCUT2D eigenvalue weighted by Gasteiger charge is -2.26. The van der Waals surface area contributed by atoms with Crippen LogP contribution in [0.4, 0.5) is 22.0 Å². The van der Waals surface area contributed by atoms with Crippen molar-refractivity contribution in [1.29, 1.82) is 0 Å². The first kappa shape index (κ1) is 29.3. The summed E-state index contributed by atoms with van der Waals surface area (Å²) in [5, 5.41) is 6.39. The molecule has 0 radical (unpaired) electrons. The topological polar surface area (TPSA) is 127 Å². The highest BCUT2D eigenvalue weighted by Gasteiger charge is 2.44. The molecule has 11 nitrogen and oxygen atoms in total. The molecular formula is C30H22F5N5O6. The van der Waals surface area contributed by atoms with Crippen molar-refractivity contribution in [2.45, 2.75) is 50.9 Å². The van der Waals surface area contributed by atoms with E-state index in [-0.39, 0.29) is 46.6 Å². The van der Waals surface area contributed by atoms with Crippen molar-refractivity contribution in [3.8, 4) is 40.2 Å². The zero-order valence-corrected chi connectivity index (χ0v) is 23.7. The van der Waals surface area contributed by atoms with E-state index in [1.54, 1.807) is 31.2 Å². The molecular weight excluding hydrogens is 621 g/mol. The monoisotopic (exact) mass is 643 g/mol. The van der Waals surface area contributed by atoms with E-state index in [0.29, 0.717) is 29.7 Å². The van der Waals surface area contributed by atoms with Crippen molar-refractivity contribution in [3.05, 3.63) is 93.9 Å². The van der Waals surface area contributed by atoms with E-state index >= 15 is 0 Å². The van der Waals surface area contributed by atoms with E-state index in [4.69, 9.17) is 9.47 Å². The van der Waals surface area contributed by atoms with Crippen molar-refractivity contribution >= 4 is 0 Å². The third kappa shape index (κ3) is 5.61. The molecule has 7 rings (SSSR count). The van der Waals surface area contributed by atoms with Gasteiger partial charge >= 0.3 is 18.2 Å². The van der Waals surface area contributed by atoms with E-state index in [2.05, 4.69) is 34.2 Å². The van der Waals surface area contributed by atoms with Crippen LogP contribution in [0.5, 0.6) is 23.1 Å². The zero-order chi connectivity index (χ0) is 32.2. The fraction of sp³-hybridized carbons (Fsp3) is 0.267. The molecule has 2 aliphatic rings. The Kier molecular flexibility index (Phi) is 6.94. The maximum atomic E-state index is 14.2. The Labute approximate surface area is 255 Å². The number of benzene rings is 2. The molecule has 4 heterocycles. The normalized spacial score (nSPS) is 17.4. The predicted octanol–water partition coefficient (Wildman–Crippen LogP) is 6.55. The first-order chi connectivity index (χ1) is 21.9. The summed E-state index contributed by atoms with van der Waals surface area (Å²) in [4.78, 5) is 19.1. The number of hydrogen-bond acceptors (Lipinski definition) is 9. The molecule has 2 atom stereocenters. The van der Waals surface area contributed by atoms with Crippen LogP contribution in [-0.2, 0) is 12.6 Å². The number of rotatable bonds is 7. The number of aromatic amines is 1. The summed E-state index contributed by atoms with van der Waals surface area (Å²) in [6.45, 7) is 1.65. The van der Waals surface area contributed by atoms with E-state index < -0.39 is 36.1 Å². The lowest BCUT2D eigenvalue weighted by Crippen LogP contribution is -2.25. The van der Waals surface area contributed by atoms with E-state index in [9.17, 15) is 26.7 Å². The number of nitrogens with one attached hydrogen (secondary N) is 1. The molecule has 3 aromatic heterocycles. The first-order valence-corrected chi connectivity index (χ1v) is 14.0. The fourth-order valence-corrected chi connectivity index (χ4v) is 5.45. The Balaban J connectivity index is 1.18. The van der Waals surface area contributed by atoms with Gasteiger partial charge in [-0.2, -0.15) is 28.4 Å². The molecule has 238 valence electrons. The van der Waals surface area contributed by atoms with Crippen LogP contribution in [0.3, 0.4) is 0 Å². The van der Waals surface area contributed by atoms with Crippen molar-refractivity contribution < 1.29 is 45.4 Å². The predicted molar refractivity (Wildman–Crippen MR) is 147 cm³/mol. The minimum atomic E-state index is -4.72. The quantitative estimate of drug-likeness (QED) is 0.197. The van der Waals surface area contributed by atoms with Crippen LogP contribution in [0.1, 0.15) is 54.5 Å². The Morgan fingerprint density at radius 3 is 2.59 bits per heavy atom. The van der Waals surface area contributed by atoms with E-state index in [1.165, 1.54) is 41.2 Å². The minimum absolute atomic E-state index is 0.0327. The number of alkyl halides is 5. The minimum Gasteiger partial charge on any atom is -0.484 e. The third-order valence-corrected chi connectivity index (χ3v) is 7.49. The molecule has 16 heteroatoms. The van der Waals surface area contributed by atoms with Gasteiger partial charge in [-0.1, -0.05) is 6.07 Å². The molecule has 5 aromatic rings. The average Bonchev–Trinajstić information content (AvgIpc) is 3.71. The Morgan fingerprint density at radius 2 is 1.85 bits per heavy atom. The number of hydrogen-bond donors (Lipinski definition) is 1. The van der Waals surface area contributed by atoms with Gasteiger partial charge in [-0.25, -0.2) is 14.5 Å². The van der Waals surface area contributed by atoms with Crippen LogP contribution in [0.25, 0.3) is 17.1 Å². The zero-order valence-electron chi connectivity index (χ0n) is 23.7. The van der Waals surface area contributed by atoms with Gasteiger partial charge in [0.25, 0.3) is 0 Å². The van der Waals surface area contributed by atoms with Gasteiger partial charge in [0.05, 0.1) is 11.4 Å². The number of ether oxygens (including phenoxy) is 4. The third-order valence-electron chi connectivity index (χ3n) is 7.49. The highest BCUT2D eigenvalue weighted by molar-refractivity contribution is 5.55. The average molecular weight is 644 g/mol. The molecule has 0 fully saturated rings. The smallest absolute Gasteiger partial charge is 0.484 e. The van der Waals surface area contributed by atoms with Crippen molar-refractivity contribution in [1.82, 2.24) is 24.9 Å².